The number of hydrogen-bond acceptors (Lipinski definition) is 3. The number of nitrogens with one attached hydrogen (secondary N) is 1. The summed E-state index contributed by atoms with van der Waals surface area (Å²) in [6.07, 6.45) is 5.81. The molecule has 26 heavy (non-hydrogen) atoms. The second-order valence-electron chi connectivity index (χ2n) is 6.75. The number of carbonyl (C=O) groups is 1. The van der Waals surface area contributed by atoms with Crippen LogP contribution in [0.15, 0.2) is 48.5 Å². The SMILES string of the molecule is CCCCOc1cccc(C(=O)Nc2ccccc2N2CCCCC2)c1. The number of benzene rings is 2. The summed E-state index contributed by atoms with van der Waals surface area (Å²) in [5.41, 5.74) is 2.60. The van der Waals surface area contributed by atoms with E-state index in [-0.39, 0.29) is 5.91 Å². The molecule has 0 spiro atoms. The van der Waals surface area contributed by atoms with Gasteiger partial charge >= 0.3 is 0 Å². The van der Waals surface area contributed by atoms with Crippen molar-refractivity contribution in [3.8, 4) is 5.75 Å². The highest BCUT2D eigenvalue weighted by Gasteiger charge is 2.16. The van der Waals surface area contributed by atoms with E-state index in [2.05, 4.69) is 23.2 Å². The van der Waals surface area contributed by atoms with Crippen LogP contribution in [0.3, 0.4) is 0 Å². The monoisotopic (exact) mass is 352 g/mol. The molecule has 0 bridgehead atoms. The first-order valence-electron chi connectivity index (χ1n) is 9.66. The number of piperidine rings is 1. The molecule has 1 heterocycles. The molecule has 4 heteroatoms. The second-order valence-corrected chi connectivity index (χ2v) is 6.75. The minimum Gasteiger partial charge on any atom is -0.494 e. The standard InChI is InChI=1S/C22H28N2O2/c1-2-3-16-26-19-11-9-10-18(17-19)22(25)23-20-12-5-6-13-21(20)24-14-7-4-8-15-24/h5-6,9-13,17H,2-4,7-8,14-16H2,1H3,(H,23,25). The van der Waals surface area contributed by atoms with Crippen molar-refractivity contribution in [1.29, 1.82) is 0 Å². The van der Waals surface area contributed by atoms with Gasteiger partial charge in [-0.05, 0) is 56.0 Å². The van der Waals surface area contributed by atoms with Crippen molar-refractivity contribution in [2.24, 2.45) is 0 Å². The van der Waals surface area contributed by atoms with Gasteiger partial charge in [0.15, 0.2) is 0 Å². The van der Waals surface area contributed by atoms with Gasteiger partial charge in [0, 0.05) is 18.7 Å². The van der Waals surface area contributed by atoms with Crippen LogP contribution in [0.1, 0.15) is 49.4 Å². The molecule has 1 N–H and O–H groups in total. The van der Waals surface area contributed by atoms with E-state index in [4.69, 9.17) is 4.74 Å². The minimum atomic E-state index is -0.101. The van der Waals surface area contributed by atoms with Gasteiger partial charge in [0.1, 0.15) is 5.75 Å². The lowest BCUT2D eigenvalue weighted by atomic mass is 10.1. The van der Waals surface area contributed by atoms with Crippen LogP contribution in [-0.4, -0.2) is 25.6 Å². The van der Waals surface area contributed by atoms with Crippen LogP contribution in [0.4, 0.5) is 11.4 Å². The summed E-state index contributed by atoms with van der Waals surface area (Å²) in [6, 6.07) is 15.5. The Morgan fingerprint density at radius 1 is 1.08 bits per heavy atom. The Bertz CT molecular complexity index is 724. The summed E-state index contributed by atoms with van der Waals surface area (Å²) in [6.45, 7) is 4.91. The van der Waals surface area contributed by atoms with Crippen molar-refractivity contribution in [3.63, 3.8) is 0 Å². The highest BCUT2D eigenvalue weighted by molar-refractivity contribution is 6.06. The molecule has 0 atom stereocenters. The summed E-state index contributed by atoms with van der Waals surface area (Å²) in [5, 5.41) is 3.08. The molecular weight excluding hydrogens is 324 g/mol. The van der Waals surface area contributed by atoms with Crippen molar-refractivity contribution >= 4 is 17.3 Å². The van der Waals surface area contributed by atoms with Gasteiger partial charge in [-0.3, -0.25) is 4.79 Å². The van der Waals surface area contributed by atoms with Gasteiger partial charge in [-0.15, -0.1) is 0 Å². The quantitative estimate of drug-likeness (QED) is 0.704. The highest BCUT2D eigenvalue weighted by atomic mass is 16.5. The first-order valence-corrected chi connectivity index (χ1v) is 9.66. The maximum Gasteiger partial charge on any atom is 0.255 e. The van der Waals surface area contributed by atoms with E-state index in [1.165, 1.54) is 19.3 Å². The lowest BCUT2D eigenvalue weighted by Crippen LogP contribution is -2.30. The zero-order valence-electron chi connectivity index (χ0n) is 15.5. The molecule has 2 aromatic carbocycles. The summed E-state index contributed by atoms with van der Waals surface area (Å²) >= 11 is 0. The molecule has 1 aliphatic rings. The molecule has 4 nitrogen and oxygen atoms in total. The Balaban J connectivity index is 1.71. The van der Waals surface area contributed by atoms with E-state index in [1.807, 2.05) is 42.5 Å². The van der Waals surface area contributed by atoms with Crippen molar-refractivity contribution in [2.75, 3.05) is 29.9 Å². The average molecular weight is 352 g/mol. The molecule has 1 saturated heterocycles. The summed E-state index contributed by atoms with van der Waals surface area (Å²) in [4.78, 5) is 15.1. The average Bonchev–Trinajstić information content (AvgIpc) is 2.69. The van der Waals surface area contributed by atoms with Crippen LogP contribution in [0, 0.1) is 0 Å². The van der Waals surface area contributed by atoms with Gasteiger partial charge in [0.25, 0.3) is 5.91 Å². The summed E-state index contributed by atoms with van der Waals surface area (Å²) in [5.74, 6) is 0.644. The Hall–Kier alpha value is -2.49. The fourth-order valence-electron chi connectivity index (χ4n) is 3.25. The molecule has 1 amide bonds. The Labute approximate surface area is 156 Å². The predicted molar refractivity (Wildman–Crippen MR) is 107 cm³/mol. The lowest BCUT2D eigenvalue weighted by Gasteiger charge is -2.30. The third kappa shape index (κ3) is 4.78. The maximum absolute atomic E-state index is 12.7. The van der Waals surface area contributed by atoms with E-state index < -0.39 is 0 Å². The first kappa shape index (κ1) is 18.3. The molecule has 2 aromatic rings. The molecule has 0 radical (unpaired) electrons. The Morgan fingerprint density at radius 3 is 2.69 bits per heavy atom. The van der Waals surface area contributed by atoms with Crippen molar-refractivity contribution in [1.82, 2.24) is 0 Å². The number of carbonyl (C=O) groups excluding carboxylic acids is 1. The third-order valence-corrected chi connectivity index (χ3v) is 4.71. The summed E-state index contributed by atoms with van der Waals surface area (Å²) in [7, 11) is 0. The van der Waals surface area contributed by atoms with Gasteiger partial charge in [-0.1, -0.05) is 31.5 Å². The van der Waals surface area contributed by atoms with E-state index >= 15 is 0 Å². The zero-order valence-corrected chi connectivity index (χ0v) is 15.5. The molecular formula is C22H28N2O2. The van der Waals surface area contributed by atoms with E-state index in [1.54, 1.807) is 0 Å². The number of rotatable bonds is 7. The highest BCUT2D eigenvalue weighted by Crippen LogP contribution is 2.28. The molecule has 3 rings (SSSR count). The normalized spacial score (nSPS) is 14.1. The van der Waals surface area contributed by atoms with Crippen molar-refractivity contribution in [3.05, 3.63) is 54.1 Å². The summed E-state index contributed by atoms with van der Waals surface area (Å²) < 4.78 is 5.72. The molecule has 0 saturated carbocycles. The van der Waals surface area contributed by atoms with Gasteiger partial charge in [-0.2, -0.15) is 0 Å². The fraction of sp³-hybridized carbons (Fsp3) is 0.409. The molecule has 138 valence electrons. The van der Waals surface area contributed by atoms with Gasteiger partial charge in [0.2, 0.25) is 0 Å². The fourth-order valence-corrected chi connectivity index (χ4v) is 3.25. The molecule has 1 aliphatic heterocycles. The van der Waals surface area contributed by atoms with Crippen molar-refractivity contribution in [2.45, 2.75) is 39.0 Å². The van der Waals surface area contributed by atoms with Gasteiger partial charge in [0.05, 0.1) is 18.0 Å². The van der Waals surface area contributed by atoms with E-state index in [9.17, 15) is 4.79 Å². The van der Waals surface area contributed by atoms with Crippen LogP contribution in [0.2, 0.25) is 0 Å². The molecule has 0 aromatic heterocycles. The zero-order chi connectivity index (χ0) is 18.2. The lowest BCUT2D eigenvalue weighted by molar-refractivity contribution is 0.102. The van der Waals surface area contributed by atoms with Crippen LogP contribution in [-0.2, 0) is 0 Å². The van der Waals surface area contributed by atoms with Gasteiger partial charge in [-0.25, -0.2) is 0 Å². The van der Waals surface area contributed by atoms with Gasteiger partial charge < -0.3 is 15.0 Å². The number of para-hydroxylation sites is 2. The van der Waals surface area contributed by atoms with E-state index in [0.717, 1.165) is 43.1 Å². The predicted octanol–water partition coefficient (Wildman–Crippen LogP) is 5.11. The Morgan fingerprint density at radius 2 is 1.88 bits per heavy atom. The number of ether oxygens (including phenoxy) is 1. The topological polar surface area (TPSA) is 41.6 Å². The second kappa shape index (κ2) is 9.27. The minimum absolute atomic E-state index is 0.101. The van der Waals surface area contributed by atoms with Crippen LogP contribution in [0.5, 0.6) is 5.75 Å². The number of nitrogens with zero attached hydrogens (tertiary/aromatic N) is 1. The smallest absolute Gasteiger partial charge is 0.255 e. The third-order valence-electron chi connectivity index (χ3n) is 4.71. The molecule has 1 fully saturated rings. The number of amides is 1. The van der Waals surface area contributed by atoms with Crippen LogP contribution < -0.4 is 15.0 Å². The first-order chi connectivity index (χ1) is 12.8. The number of anilines is 2. The van der Waals surface area contributed by atoms with Crippen LogP contribution >= 0.6 is 0 Å². The number of hydrogen-bond donors (Lipinski definition) is 1. The number of unbranched alkanes of at least 4 members (excludes halogenated alkanes) is 1. The Kier molecular flexibility index (Phi) is 6.53. The van der Waals surface area contributed by atoms with E-state index in [0.29, 0.717) is 12.2 Å². The van der Waals surface area contributed by atoms with Crippen LogP contribution in [0.25, 0.3) is 0 Å². The van der Waals surface area contributed by atoms with Crippen molar-refractivity contribution < 1.29 is 9.53 Å². The molecule has 0 unspecified atom stereocenters. The maximum atomic E-state index is 12.7. The largest absolute Gasteiger partial charge is 0.494 e. The molecule has 0 aliphatic carbocycles.